The van der Waals surface area contributed by atoms with Gasteiger partial charge < -0.3 is 10.6 Å². The van der Waals surface area contributed by atoms with Crippen LogP contribution in [0, 0.1) is 11.6 Å². The normalized spacial score (nSPS) is 10.0. The first-order chi connectivity index (χ1) is 10.0. The van der Waals surface area contributed by atoms with Crippen LogP contribution in [0.2, 0.25) is 0 Å². The van der Waals surface area contributed by atoms with Gasteiger partial charge >= 0.3 is 0 Å². The molecule has 2 aromatic carbocycles. The summed E-state index contributed by atoms with van der Waals surface area (Å²) >= 11 is 0. The Bertz CT molecular complexity index is 702. The predicted octanol–water partition coefficient (Wildman–Crippen LogP) is 2.58. The zero-order chi connectivity index (χ0) is 15.4. The minimum absolute atomic E-state index is 0.310. The molecule has 0 aliphatic rings. The van der Waals surface area contributed by atoms with E-state index < -0.39 is 23.1 Å². The highest BCUT2D eigenvalue weighted by Crippen LogP contribution is 2.15. The minimum Gasteiger partial charge on any atom is -0.355 e. The number of hydrogen-bond donors (Lipinski definition) is 2. The summed E-state index contributed by atoms with van der Waals surface area (Å²) in [6, 6.07) is 9.47. The monoisotopic (exact) mass is 290 g/mol. The van der Waals surface area contributed by atoms with Crippen molar-refractivity contribution in [1.82, 2.24) is 5.32 Å². The Balaban J connectivity index is 2.24. The van der Waals surface area contributed by atoms with Gasteiger partial charge in [-0.2, -0.15) is 0 Å². The van der Waals surface area contributed by atoms with Gasteiger partial charge in [-0.3, -0.25) is 9.59 Å². The summed E-state index contributed by atoms with van der Waals surface area (Å²) in [5, 5.41) is 4.87. The number of hydrogen-bond acceptors (Lipinski definition) is 2. The molecule has 2 amide bonds. The number of halogens is 2. The topological polar surface area (TPSA) is 58.2 Å². The van der Waals surface area contributed by atoms with Crippen LogP contribution in [0.4, 0.5) is 14.5 Å². The summed E-state index contributed by atoms with van der Waals surface area (Å²) in [5.41, 5.74) is 0.250. The van der Waals surface area contributed by atoms with Crippen molar-refractivity contribution in [2.24, 2.45) is 0 Å². The summed E-state index contributed by atoms with van der Waals surface area (Å²) in [5.74, 6) is -3.41. The standard InChI is InChI=1S/C15H12F2N2O2/c1-18-14(20)9-4-2-5-10(8-9)19-15(21)11-6-3-7-12(16)13(11)17/h2-8H,1H3,(H,18,20)(H,19,21). The smallest absolute Gasteiger partial charge is 0.258 e. The maximum atomic E-state index is 13.5. The third-order valence-electron chi connectivity index (χ3n) is 2.81. The van der Waals surface area contributed by atoms with Crippen molar-refractivity contribution in [3.63, 3.8) is 0 Å². The molecule has 0 saturated heterocycles. The lowest BCUT2D eigenvalue weighted by Crippen LogP contribution is -2.19. The number of carbonyl (C=O) groups is 2. The van der Waals surface area contributed by atoms with Crippen molar-refractivity contribution in [3.05, 3.63) is 65.2 Å². The number of carbonyl (C=O) groups excluding carboxylic acids is 2. The highest BCUT2D eigenvalue weighted by Gasteiger charge is 2.15. The van der Waals surface area contributed by atoms with Crippen molar-refractivity contribution < 1.29 is 18.4 Å². The Morgan fingerprint density at radius 2 is 1.71 bits per heavy atom. The molecule has 0 spiro atoms. The molecule has 6 heteroatoms. The second-order valence-corrected chi connectivity index (χ2v) is 4.22. The average Bonchev–Trinajstić information content (AvgIpc) is 2.49. The lowest BCUT2D eigenvalue weighted by molar-refractivity contribution is 0.0961. The molecular weight excluding hydrogens is 278 g/mol. The molecule has 21 heavy (non-hydrogen) atoms. The molecule has 2 rings (SSSR count). The molecule has 2 N–H and O–H groups in total. The molecule has 0 aliphatic heterocycles. The lowest BCUT2D eigenvalue weighted by atomic mass is 10.1. The molecule has 0 fully saturated rings. The van der Waals surface area contributed by atoms with Gasteiger partial charge in [-0.05, 0) is 30.3 Å². The second kappa shape index (κ2) is 6.13. The maximum absolute atomic E-state index is 13.5. The largest absolute Gasteiger partial charge is 0.355 e. The molecular formula is C15H12F2N2O2. The second-order valence-electron chi connectivity index (χ2n) is 4.22. The first-order valence-electron chi connectivity index (χ1n) is 6.10. The van der Waals surface area contributed by atoms with Gasteiger partial charge in [0.2, 0.25) is 0 Å². The van der Waals surface area contributed by atoms with E-state index in [-0.39, 0.29) is 5.91 Å². The maximum Gasteiger partial charge on any atom is 0.258 e. The molecule has 0 atom stereocenters. The van der Waals surface area contributed by atoms with E-state index in [0.29, 0.717) is 11.3 Å². The molecule has 0 aromatic heterocycles. The van der Waals surface area contributed by atoms with Crippen LogP contribution in [0.3, 0.4) is 0 Å². The number of anilines is 1. The highest BCUT2D eigenvalue weighted by molar-refractivity contribution is 6.05. The van der Waals surface area contributed by atoms with Crippen LogP contribution in [-0.2, 0) is 0 Å². The first kappa shape index (κ1) is 14.6. The van der Waals surface area contributed by atoms with Gasteiger partial charge in [0.25, 0.3) is 11.8 Å². The Morgan fingerprint density at radius 3 is 2.43 bits per heavy atom. The van der Waals surface area contributed by atoms with Crippen LogP contribution in [0.5, 0.6) is 0 Å². The van der Waals surface area contributed by atoms with E-state index in [9.17, 15) is 18.4 Å². The Labute approximate surface area is 119 Å². The zero-order valence-electron chi connectivity index (χ0n) is 11.1. The van der Waals surface area contributed by atoms with E-state index in [0.717, 1.165) is 6.07 Å². The summed E-state index contributed by atoms with van der Waals surface area (Å²) in [7, 11) is 1.48. The quantitative estimate of drug-likeness (QED) is 0.912. The zero-order valence-corrected chi connectivity index (χ0v) is 11.1. The Kier molecular flexibility index (Phi) is 4.27. The Hall–Kier alpha value is -2.76. The molecule has 0 bridgehead atoms. The predicted molar refractivity (Wildman–Crippen MR) is 74.1 cm³/mol. The van der Waals surface area contributed by atoms with Gasteiger partial charge in [0.05, 0.1) is 5.56 Å². The Morgan fingerprint density at radius 1 is 1.00 bits per heavy atom. The van der Waals surface area contributed by atoms with Crippen LogP contribution >= 0.6 is 0 Å². The van der Waals surface area contributed by atoms with Crippen molar-refractivity contribution in [2.75, 3.05) is 12.4 Å². The molecule has 0 saturated carbocycles. The molecule has 0 heterocycles. The van der Waals surface area contributed by atoms with E-state index in [1.807, 2.05) is 0 Å². The molecule has 108 valence electrons. The van der Waals surface area contributed by atoms with Crippen molar-refractivity contribution >= 4 is 17.5 Å². The molecule has 2 aromatic rings. The molecule has 4 nitrogen and oxygen atoms in total. The fourth-order valence-electron chi connectivity index (χ4n) is 1.76. The van der Waals surface area contributed by atoms with E-state index >= 15 is 0 Å². The SMILES string of the molecule is CNC(=O)c1cccc(NC(=O)c2cccc(F)c2F)c1. The van der Waals surface area contributed by atoms with Crippen LogP contribution in [0.25, 0.3) is 0 Å². The van der Waals surface area contributed by atoms with Gasteiger partial charge in [-0.1, -0.05) is 12.1 Å². The number of amides is 2. The summed E-state index contributed by atoms with van der Waals surface area (Å²) in [6.45, 7) is 0. The highest BCUT2D eigenvalue weighted by atomic mass is 19.2. The minimum atomic E-state index is -1.21. The van der Waals surface area contributed by atoms with E-state index in [4.69, 9.17) is 0 Å². The van der Waals surface area contributed by atoms with Crippen LogP contribution in [0.1, 0.15) is 20.7 Å². The summed E-state index contributed by atoms with van der Waals surface area (Å²) < 4.78 is 26.6. The molecule has 0 unspecified atom stereocenters. The first-order valence-corrected chi connectivity index (χ1v) is 6.10. The number of nitrogens with one attached hydrogen (secondary N) is 2. The third kappa shape index (κ3) is 3.22. The van der Waals surface area contributed by atoms with E-state index in [1.165, 1.54) is 25.2 Å². The number of benzene rings is 2. The number of rotatable bonds is 3. The van der Waals surface area contributed by atoms with Crippen LogP contribution in [0.15, 0.2) is 42.5 Å². The fourth-order valence-corrected chi connectivity index (χ4v) is 1.76. The van der Waals surface area contributed by atoms with Gasteiger partial charge in [0.15, 0.2) is 11.6 Å². The third-order valence-corrected chi connectivity index (χ3v) is 2.81. The lowest BCUT2D eigenvalue weighted by Gasteiger charge is -2.08. The van der Waals surface area contributed by atoms with Crippen LogP contribution < -0.4 is 10.6 Å². The van der Waals surface area contributed by atoms with Gasteiger partial charge in [0.1, 0.15) is 0 Å². The van der Waals surface area contributed by atoms with Crippen molar-refractivity contribution in [1.29, 1.82) is 0 Å². The summed E-state index contributed by atoms with van der Waals surface area (Å²) in [4.78, 5) is 23.4. The van der Waals surface area contributed by atoms with Crippen LogP contribution in [-0.4, -0.2) is 18.9 Å². The van der Waals surface area contributed by atoms with E-state index in [2.05, 4.69) is 10.6 Å². The summed E-state index contributed by atoms with van der Waals surface area (Å²) in [6.07, 6.45) is 0. The van der Waals surface area contributed by atoms with Crippen molar-refractivity contribution in [3.8, 4) is 0 Å². The van der Waals surface area contributed by atoms with E-state index in [1.54, 1.807) is 18.2 Å². The fraction of sp³-hybridized carbons (Fsp3) is 0.0667. The van der Waals surface area contributed by atoms with Gasteiger partial charge in [0, 0.05) is 18.3 Å². The van der Waals surface area contributed by atoms with Gasteiger partial charge in [-0.15, -0.1) is 0 Å². The average molecular weight is 290 g/mol. The molecule has 0 aliphatic carbocycles. The molecule has 0 radical (unpaired) electrons. The van der Waals surface area contributed by atoms with Crippen molar-refractivity contribution in [2.45, 2.75) is 0 Å². The van der Waals surface area contributed by atoms with Gasteiger partial charge in [-0.25, -0.2) is 8.78 Å².